The Morgan fingerprint density at radius 1 is 1.14 bits per heavy atom. The SMILES string of the molecule is O=C(Nc1cc(F)c(Br)cc1F)c1cccc2cc[nH]c12. The molecule has 0 aliphatic carbocycles. The van der Waals surface area contributed by atoms with Crippen LogP contribution < -0.4 is 5.32 Å². The molecule has 2 N–H and O–H groups in total. The lowest BCUT2D eigenvalue weighted by Crippen LogP contribution is -2.13. The third-order valence-corrected chi connectivity index (χ3v) is 3.70. The minimum Gasteiger partial charge on any atom is -0.361 e. The van der Waals surface area contributed by atoms with Crippen LogP contribution in [0.3, 0.4) is 0 Å². The van der Waals surface area contributed by atoms with E-state index in [1.807, 2.05) is 12.1 Å². The van der Waals surface area contributed by atoms with Crippen LogP contribution in [-0.4, -0.2) is 10.9 Å². The van der Waals surface area contributed by atoms with Gasteiger partial charge in [-0.1, -0.05) is 12.1 Å². The Bertz CT molecular complexity index is 845. The molecule has 0 spiro atoms. The molecule has 1 amide bonds. The number of H-pyrrole nitrogens is 1. The average Bonchev–Trinajstić information content (AvgIpc) is 2.92. The summed E-state index contributed by atoms with van der Waals surface area (Å²) in [4.78, 5) is 15.2. The van der Waals surface area contributed by atoms with Crippen molar-refractivity contribution < 1.29 is 13.6 Å². The Hall–Kier alpha value is -2.21. The van der Waals surface area contributed by atoms with Gasteiger partial charge in [0.25, 0.3) is 5.91 Å². The maximum atomic E-state index is 13.7. The zero-order chi connectivity index (χ0) is 15.0. The van der Waals surface area contributed by atoms with Crippen molar-refractivity contribution in [3.8, 4) is 0 Å². The van der Waals surface area contributed by atoms with Gasteiger partial charge in [-0.05, 0) is 34.1 Å². The minimum absolute atomic E-state index is 0.00414. The standard InChI is InChI=1S/C15H9BrF2N2O/c16-10-6-12(18)13(7-11(10)17)20-15(21)9-3-1-2-8-4-5-19-14(8)9/h1-7,19H,(H,20,21). The predicted molar refractivity (Wildman–Crippen MR) is 80.3 cm³/mol. The highest BCUT2D eigenvalue weighted by molar-refractivity contribution is 9.10. The van der Waals surface area contributed by atoms with Gasteiger partial charge in [0.2, 0.25) is 0 Å². The van der Waals surface area contributed by atoms with Crippen LogP contribution in [0.5, 0.6) is 0 Å². The van der Waals surface area contributed by atoms with E-state index < -0.39 is 17.5 Å². The molecule has 1 aromatic heterocycles. The van der Waals surface area contributed by atoms with E-state index in [-0.39, 0.29) is 10.2 Å². The molecule has 1 heterocycles. The normalized spacial score (nSPS) is 10.8. The number of benzene rings is 2. The molecule has 3 nitrogen and oxygen atoms in total. The van der Waals surface area contributed by atoms with Gasteiger partial charge in [0, 0.05) is 17.6 Å². The monoisotopic (exact) mass is 350 g/mol. The summed E-state index contributed by atoms with van der Waals surface area (Å²) in [5.41, 5.74) is 0.803. The van der Waals surface area contributed by atoms with Crippen LogP contribution in [0.2, 0.25) is 0 Å². The molecule has 21 heavy (non-hydrogen) atoms. The highest BCUT2D eigenvalue weighted by Gasteiger charge is 2.14. The number of aromatic nitrogens is 1. The van der Waals surface area contributed by atoms with Crippen LogP contribution in [0.25, 0.3) is 10.9 Å². The number of hydrogen-bond donors (Lipinski definition) is 2. The van der Waals surface area contributed by atoms with Crippen molar-refractivity contribution in [2.45, 2.75) is 0 Å². The first-order chi connectivity index (χ1) is 10.1. The van der Waals surface area contributed by atoms with Crippen LogP contribution in [0.15, 0.2) is 47.1 Å². The third-order valence-electron chi connectivity index (χ3n) is 3.09. The van der Waals surface area contributed by atoms with Crippen LogP contribution in [0, 0.1) is 11.6 Å². The number of fused-ring (bicyclic) bond motifs is 1. The van der Waals surface area contributed by atoms with Gasteiger partial charge in [-0.2, -0.15) is 0 Å². The zero-order valence-electron chi connectivity index (χ0n) is 10.6. The van der Waals surface area contributed by atoms with Crippen molar-refractivity contribution in [2.24, 2.45) is 0 Å². The second-order valence-corrected chi connectivity index (χ2v) is 5.30. The van der Waals surface area contributed by atoms with Gasteiger partial charge in [-0.3, -0.25) is 4.79 Å². The molecule has 0 aliphatic rings. The minimum atomic E-state index is -0.713. The summed E-state index contributed by atoms with van der Waals surface area (Å²) in [5.74, 6) is -1.87. The lowest BCUT2D eigenvalue weighted by molar-refractivity contribution is 0.102. The summed E-state index contributed by atoms with van der Waals surface area (Å²) < 4.78 is 27.2. The number of nitrogens with one attached hydrogen (secondary N) is 2. The molecule has 106 valence electrons. The van der Waals surface area contributed by atoms with Gasteiger partial charge in [-0.15, -0.1) is 0 Å². The zero-order valence-corrected chi connectivity index (χ0v) is 12.2. The van der Waals surface area contributed by atoms with Crippen molar-refractivity contribution in [1.82, 2.24) is 4.98 Å². The van der Waals surface area contributed by atoms with E-state index in [1.54, 1.807) is 18.3 Å². The van der Waals surface area contributed by atoms with E-state index in [4.69, 9.17) is 0 Å². The largest absolute Gasteiger partial charge is 0.361 e. The van der Waals surface area contributed by atoms with Crippen molar-refractivity contribution >= 4 is 38.4 Å². The first-order valence-electron chi connectivity index (χ1n) is 6.08. The summed E-state index contributed by atoms with van der Waals surface area (Å²) in [6, 6.07) is 8.92. The third kappa shape index (κ3) is 2.54. The molecule has 3 rings (SSSR count). The van der Waals surface area contributed by atoms with Gasteiger partial charge in [0.15, 0.2) is 0 Å². The fourth-order valence-corrected chi connectivity index (χ4v) is 2.40. The molecule has 0 radical (unpaired) electrons. The number of amides is 1. The Labute approximate surface area is 127 Å². The fourth-order valence-electron chi connectivity index (χ4n) is 2.08. The van der Waals surface area contributed by atoms with Crippen molar-refractivity contribution in [2.75, 3.05) is 5.32 Å². The number of carbonyl (C=O) groups is 1. The number of halogens is 3. The Morgan fingerprint density at radius 3 is 2.76 bits per heavy atom. The first-order valence-corrected chi connectivity index (χ1v) is 6.87. The second kappa shape index (κ2) is 5.29. The maximum Gasteiger partial charge on any atom is 0.257 e. The highest BCUT2D eigenvalue weighted by atomic mass is 79.9. The molecule has 2 aromatic carbocycles. The molecule has 0 saturated carbocycles. The van der Waals surface area contributed by atoms with Crippen LogP contribution in [0.1, 0.15) is 10.4 Å². The summed E-state index contributed by atoms with van der Waals surface area (Å²) in [6.07, 6.45) is 1.71. The van der Waals surface area contributed by atoms with Gasteiger partial charge >= 0.3 is 0 Å². The van der Waals surface area contributed by atoms with E-state index in [9.17, 15) is 13.6 Å². The molecule has 0 saturated heterocycles. The predicted octanol–water partition coefficient (Wildman–Crippen LogP) is 4.46. The molecule has 0 aliphatic heterocycles. The number of anilines is 1. The Morgan fingerprint density at radius 2 is 1.95 bits per heavy atom. The second-order valence-electron chi connectivity index (χ2n) is 4.45. The number of hydrogen-bond acceptors (Lipinski definition) is 1. The molecule has 6 heteroatoms. The molecule has 0 fully saturated rings. The molecule has 3 aromatic rings. The molecule has 0 atom stereocenters. The summed E-state index contributed by atoms with van der Waals surface area (Å²) in [6.45, 7) is 0. The quantitative estimate of drug-likeness (QED) is 0.658. The summed E-state index contributed by atoms with van der Waals surface area (Å²) >= 11 is 2.89. The van der Waals surface area contributed by atoms with Crippen LogP contribution in [0.4, 0.5) is 14.5 Å². The van der Waals surface area contributed by atoms with Gasteiger partial charge in [0.1, 0.15) is 11.6 Å². The first kappa shape index (κ1) is 13.8. The molecular weight excluding hydrogens is 342 g/mol. The fraction of sp³-hybridized carbons (Fsp3) is 0. The maximum absolute atomic E-state index is 13.7. The van der Waals surface area contributed by atoms with E-state index >= 15 is 0 Å². The summed E-state index contributed by atoms with van der Waals surface area (Å²) in [5, 5.41) is 3.25. The van der Waals surface area contributed by atoms with E-state index in [0.29, 0.717) is 11.1 Å². The Kier molecular flexibility index (Phi) is 3.47. The van der Waals surface area contributed by atoms with Gasteiger partial charge < -0.3 is 10.3 Å². The van der Waals surface area contributed by atoms with Crippen molar-refractivity contribution in [3.63, 3.8) is 0 Å². The molecule has 0 unspecified atom stereocenters. The number of carbonyl (C=O) groups excluding carboxylic acids is 1. The van der Waals surface area contributed by atoms with Crippen molar-refractivity contribution in [1.29, 1.82) is 0 Å². The smallest absolute Gasteiger partial charge is 0.257 e. The number of aromatic amines is 1. The molecule has 0 bridgehead atoms. The lowest BCUT2D eigenvalue weighted by Gasteiger charge is -2.08. The van der Waals surface area contributed by atoms with Crippen LogP contribution >= 0.6 is 15.9 Å². The molecular formula is C15H9BrF2N2O. The van der Waals surface area contributed by atoms with E-state index in [1.165, 1.54) is 0 Å². The number of para-hydroxylation sites is 1. The number of rotatable bonds is 2. The van der Waals surface area contributed by atoms with Gasteiger partial charge in [0.05, 0.1) is 21.2 Å². The lowest BCUT2D eigenvalue weighted by atomic mass is 10.1. The van der Waals surface area contributed by atoms with Gasteiger partial charge in [-0.25, -0.2) is 8.78 Å². The van der Waals surface area contributed by atoms with E-state index in [0.717, 1.165) is 17.5 Å². The summed E-state index contributed by atoms with van der Waals surface area (Å²) in [7, 11) is 0. The van der Waals surface area contributed by atoms with Crippen molar-refractivity contribution in [3.05, 3.63) is 64.3 Å². The Balaban J connectivity index is 1.97. The topological polar surface area (TPSA) is 44.9 Å². The highest BCUT2D eigenvalue weighted by Crippen LogP contribution is 2.24. The van der Waals surface area contributed by atoms with Crippen LogP contribution in [-0.2, 0) is 0 Å². The van der Waals surface area contributed by atoms with E-state index in [2.05, 4.69) is 26.2 Å². The average molecular weight is 351 g/mol.